The fraction of sp³-hybridized carbons (Fsp3) is 0.500. The highest BCUT2D eigenvalue weighted by molar-refractivity contribution is 5.94. The number of amides is 1. The van der Waals surface area contributed by atoms with E-state index in [0.717, 1.165) is 17.8 Å². The van der Waals surface area contributed by atoms with E-state index in [1.807, 2.05) is 13.8 Å². The lowest BCUT2D eigenvalue weighted by Crippen LogP contribution is -2.25. The molecule has 1 aromatic rings. The van der Waals surface area contributed by atoms with Crippen molar-refractivity contribution in [2.45, 2.75) is 32.9 Å². The van der Waals surface area contributed by atoms with E-state index in [-0.39, 0.29) is 18.9 Å². The lowest BCUT2D eigenvalue weighted by molar-refractivity contribution is -0.135. The zero-order valence-corrected chi connectivity index (χ0v) is 11.6. The van der Waals surface area contributed by atoms with Gasteiger partial charge in [-0.15, -0.1) is 0 Å². The third kappa shape index (κ3) is 5.50. The van der Waals surface area contributed by atoms with Gasteiger partial charge in [-0.2, -0.15) is 13.2 Å². The highest BCUT2D eigenvalue weighted by Gasteiger charge is 2.25. The first-order valence-electron chi connectivity index (χ1n) is 6.53. The average molecular weight is 288 g/mol. The first-order valence-corrected chi connectivity index (χ1v) is 6.53. The SMILES string of the molecule is CCNc1ccc(C(=O)NCCCC(F)(F)F)cc1C. The quantitative estimate of drug-likeness (QED) is 0.787. The first kappa shape index (κ1) is 16.3. The summed E-state index contributed by atoms with van der Waals surface area (Å²) < 4.78 is 35.9. The molecule has 0 aliphatic rings. The zero-order valence-electron chi connectivity index (χ0n) is 11.6. The Kier molecular flexibility index (Phi) is 5.85. The first-order chi connectivity index (χ1) is 9.33. The molecule has 0 radical (unpaired) electrons. The summed E-state index contributed by atoms with van der Waals surface area (Å²) in [6.07, 6.45) is -5.16. The summed E-state index contributed by atoms with van der Waals surface area (Å²) in [4.78, 5) is 11.8. The van der Waals surface area contributed by atoms with E-state index in [4.69, 9.17) is 0 Å². The molecule has 0 spiro atoms. The molecular weight excluding hydrogens is 269 g/mol. The molecule has 1 aromatic carbocycles. The standard InChI is InChI=1S/C14H19F3N2O/c1-3-18-12-6-5-11(9-10(12)2)13(20)19-8-4-7-14(15,16)17/h5-6,9,18H,3-4,7-8H2,1-2H3,(H,19,20). The Morgan fingerprint density at radius 1 is 1.30 bits per heavy atom. The number of benzene rings is 1. The number of hydrogen-bond donors (Lipinski definition) is 2. The van der Waals surface area contributed by atoms with Crippen LogP contribution in [0.5, 0.6) is 0 Å². The van der Waals surface area contributed by atoms with Crippen LogP contribution in [-0.4, -0.2) is 25.2 Å². The number of rotatable bonds is 6. The van der Waals surface area contributed by atoms with Crippen molar-refractivity contribution in [3.8, 4) is 0 Å². The Bertz CT molecular complexity index is 458. The molecule has 0 bridgehead atoms. The zero-order chi connectivity index (χ0) is 15.2. The summed E-state index contributed by atoms with van der Waals surface area (Å²) in [5, 5.41) is 5.65. The van der Waals surface area contributed by atoms with E-state index < -0.39 is 12.6 Å². The molecule has 0 aliphatic carbocycles. The topological polar surface area (TPSA) is 41.1 Å². The maximum absolute atomic E-state index is 12.0. The fourth-order valence-corrected chi connectivity index (χ4v) is 1.79. The monoisotopic (exact) mass is 288 g/mol. The maximum atomic E-state index is 12.0. The molecule has 0 heterocycles. The normalized spacial score (nSPS) is 11.2. The molecule has 0 aromatic heterocycles. The van der Waals surface area contributed by atoms with Gasteiger partial charge in [0, 0.05) is 30.8 Å². The third-order valence-electron chi connectivity index (χ3n) is 2.78. The number of nitrogens with one attached hydrogen (secondary N) is 2. The van der Waals surface area contributed by atoms with Crippen LogP contribution in [0.15, 0.2) is 18.2 Å². The van der Waals surface area contributed by atoms with Crippen molar-refractivity contribution >= 4 is 11.6 Å². The van der Waals surface area contributed by atoms with Gasteiger partial charge in [0.05, 0.1) is 0 Å². The minimum atomic E-state index is -4.17. The summed E-state index contributed by atoms with van der Waals surface area (Å²) in [5.74, 6) is -0.349. The minimum absolute atomic E-state index is 0.0202. The number of halogens is 3. The van der Waals surface area contributed by atoms with Crippen LogP contribution in [0, 0.1) is 6.92 Å². The van der Waals surface area contributed by atoms with Gasteiger partial charge in [-0.25, -0.2) is 0 Å². The van der Waals surface area contributed by atoms with Gasteiger partial charge in [-0.1, -0.05) is 0 Å². The van der Waals surface area contributed by atoms with Gasteiger partial charge < -0.3 is 10.6 Å². The second-order valence-corrected chi connectivity index (χ2v) is 4.53. The van der Waals surface area contributed by atoms with Gasteiger partial charge in [-0.05, 0) is 44.0 Å². The second-order valence-electron chi connectivity index (χ2n) is 4.53. The molecule has 3 nitrogen and oxygen atoms in total. The van der Waals surface area contributed by atoms with Crippen LogP contribution in [-0.2, 0) is 0 Å². The molecular formula is C14H19F3N2O. The van der Waals surface area contributed by atoms with Crippen LogP contribution >= 0.6 is 0 Å². The van der Waals surface area contributed by atoms with Crippen LogP contribution in [0.4, 0.5) is 18.9 Å². The lowest BCUT2D eigenvalue weighted by Gasteiger charge is -2.10. The molecule has 20 heavy (non-hydrogen) atoms. The second kappa shape index (κ2) is 7.17. The molecule has 6 heteroatoms. The molecule has 0 unspecified atom stereocenters. The van der Waals surface area contributed by atoms with Crippen molar-refractivity contribution in [1.29, 1.82) is 0 Å². The van der Waals surface area contributed by atoms with E-state index >= 15 is 0 Å². The summed E-state index contributed by atoms with van der Waals surface area (Å²) in [7, 11) is 0. The molecule has 0 saturated heterocycles. The molecule has 1 rings (SSSR count). The number of aryl methyl sites for hydroxylation is 1. The number of anilines is 1. The van der Waals surface area contributed by atoms with Crippen LogP contribution < -0.4 is 10.6 Å². The molecule has 112 valence electrons. The fourth-order valence-electron chi connectivity index (χ4n) is 1.79. The summed E-state index contributed by atoms with van der Waals surface area (Å²) in [5.41, 5.74) is 2.33. The Balaban J connectivity index is 2.49. The van der Waals surface area contributed by atoms with Gasteiger partial charge in [-0.3, -0.25) is 4.79 Å². The molecule has 0 saturated carbocycles. The highest BCUT2D eigenvalue weighted by Crippen LogP contribution is 2.21. The van der Waals surface area contributed by atoms with Crippen molar-refractivity contribution in [2.24, 2.45) is 0 Å². The largest absolute Gasteiger partial charge is 0.389 e. The number of hydrogen-bond acceptors (Lipinski definition) is 2. The van der Waals surface area contributed by atoms with Crippen molar-refractivity contribution in [2.75, 3.05) is 18.4 Å². The molecule has 2 N–H and O–H groups in total. The summed E-state index contributed by atoms with van der Waals surface area (Å²) in [6.45, 7) is 4.65. The van der Waals surface area contributed by atoms with Crippen LogP contribution in [0.25, 0.3) is 0 Å². The van der Waals surface area contributed by atoms with Crippen molar-refractivity contribution in [3.63, 3.8) is 0 Å². The molecule has 0 fully saturated rings. The Morgan fingerprint density at radius 3 is 2.55 bits per heavy atom. The van der Waals surface area contributed by atoms with Gasteiger partial charge in [0.2, 0.25) is 0 Å². The van der Waals surface area contributed by atoms with Crippen molar-refractivity contribution in [1.82, 2.24) is 5.32 Å². The van der Waals surface area contributed by atoms with Gasteiger partial charge in [0.25, 0.3) is 5.91 Å². The van der Waals surface area contributed by atoms with Crippen molar-refractivity contribution < 1.29 is 18.0 Å². The minimum Gasteiger partial charge on any atom is -0.385 e. The van der Waals surface area contributed by atoms with Gasteiger partial charge >= 0.3 is 6.18 Å². The van der Waals surface area contributed by atoms with Crippen molar-refractivity contribution in [3.05, 3.63) is 29.3 Å². The molecule has 0 atom stereocenters. The summed E-state index contributed by atoms with van der Waals surface area (Å²) in [6, 6.07) is 5.17. The Morgan fingerprint density at radius 2 is 2.00 bits per heavy atom. The predicted molar refractivity (Wildman–Crippen MR) is 73.0 cm³/mol. The number of carbonyl (C=O) groups excluding carboxylic acids is 1. The Hall–Kier alpha value is -1.72. The van der Waals surface area contributed by atoms with Crippen LogP contribution in [0.1, 0.15) is 35.7 Å². The van der Waals surface area contributed by atoms with E-state index in [1.165, 1.54) is 0 Å². The maximum Gasteiger partial charge on any atom is 0.389 e. The van der Waals surface area contributed by atoms with E-state index in [2.05, 4.69) is 10.6 Å². The van der Waals surface area contributed by atoms with Crippen LogP contribution in [0.2, 0.25) is 0 Å². The van der Waals surface area contributed by atoms with Gasteiger partial charge in [0.1, 0.15) is 0 Å². The Labute approximate surface area is 116 Å². The number of carbonyl (C=O) groups is 1. The lowest BCUT2D eigenvalue weighted by atomic mass is 10.1. The van der Waals surface area contributed by atoms with Gasteiger partial charge in [0.15, 0.2) is 0 Å². The van der Waals surface area contributed by atoms with E-state index in [1.54, 1.807) is 18.2 Å². The highest BCUT2D eigenvalue weighted by atomic mass is 19.4. The smallest absolute Gasteiger partial charge is 0.385 e. The number of alkyl halides is 3. The summed E-state index contributed by atoms with van der Waals surface area (Å²) >= 11 is 0. The third-order valence-corrected chi connectivity index (χ3v) is 2.78. The average Bonchev–Trinajstić information content (AvgIpc) is 2.36. The van der Waals surface area contributed by atoms with E-state index in [9.17, 15) is 18.0 Å². The molecule has 0 aliphatic heterocycles. The predicted octanol–water partition coefficient (Wildman–Crippen LogP) is 3.50. The van der Waals surface area contributed by atoms with E-state index in [0.29, 0.717) is 5.56 Å². The van der Waals surface area contributed by atoms with Crippen LogP contribution in [0.3, 0.4) is 0 Å². The molecule has 1 amide bonds.